The van der Waals surface area contributed by atoms with Gasteiger partial charge in [-0.3, -0.25) is 4.98 Å². The van der Waals surface area contributed by atoms with E-state index in [4.69, 9.17) is 10.5 Å². The molecule has 0 saturated heterocycles. The summed E-state index contributed by atoms with van der Waals surface area (Å²) in [6, 6.07) is 7.00. The number of nitrogens with zero attached hydrogens (tertiary/aromatic N) is 1. The van der Waals surface area contributed by atoms with Crippen molar-refractivity contribution in [1.82, 2.24) is 4.98 Å². The molecule has 4 heteroatoms. The lowest BCUT2D eigenvalue weighted by atomic mass is 10.0. The Kier molecular flexibility index (Phi) is 3.35. The fourth-order valence-electron chi connectivity index (χ4n) is 1.69. The molecule has 0 saturated carbocycles. The van der Waals surface area contributed by atoms with Gasteiger partial charge in [0.1, 0.15) is 11.6 Å². The molecular weight excluding hydrogens is 219 g/mol. The Morgan fingerprint density at radius 1 is 1.24 bits per heavy atom. The Labute approximate surface area is 99.1 Å². The van der Waals surface area contributed by atoms with Crippen molar-refractivity contribution in [3.8, 4) is 16.9 Å². The lowest BCUT2D eigenvalue weighted by Crippen LogP contribution is -2.00. The van der Waals surface area contributed by atoms with Gasteiger partial charge in [-0.2, -0.15) is 0 Å². The predicted molar refractivity (Wildman–Crippen MR) is 64.1 cm³/mol. The summed E-state index contributed by atoms with van der Waals surface area (Å²) in [5.41, 5.74) is 8.11. The number of halogens is 1. The minimum Gasteiger partial charge on any atom is -0.496 e. The molecule has 0 fully saturated rings. The van der Waals surface area contributed by atoms with Crippen LogP contribution in [0.25, 0.3) is 11.1 Å². The second-order valence-electron chi connectivity index (χ2n) is 3.62. The molecule has 1 aromatic carbocycles. The number of pyridine rings is 1. The van der Waals surface area contributed by atoms with Gasteiger partial charge in [-0.25, -0.2) is 4.39 Å². The third-order valence-electron chi connectivity index (χ3n) is 2.54. The number of nitrogens with two attached hydrogens (primary N) is 1. The lowest BCUT2D eigenvalue weighted by Gasteiger charge is -2.09. The third-order valence-corrected chi connectivity index (χ3v) is 2.54. The standard InChI is InChI=1S/C13H13FN2O/c1-17-13-3-2-9(4-10(13)6-15)11-5-12(14)8-16-7-11/h2-5,7-8H,6,15H2,1H3. The first-order chi connectivity index (χ1) is 8.24. The summed E-state index contributed by atoms with van der Waals surface area (Å²) in [5, 5.41) is 0. The van der Waals surface area contributed by atoms with E-state index in [1.165, 1.54) is 12.3 Å². The molecule has 2 rings (SSSR count). The molecule has 0 radical (unpaired) electrons. The largest absolute Gasteiger partial charge is 0.496 e. The van der Waals surface area contributed by atoms with Crippen molar-refractivity contribution >= 4 is 0 Å². The molecule has 17 heavy (non-hydrogen) atoms. The molecule has 0 bridgehead atoms. The van der Waals surface area contributed by atoms with E-state index in [0.29, 0.717) is 6.54 Å². The van der Waals surface area contributed by atoms with Gasteiger partial charge in [-0.05, 0) is 23.8 Å². The van der Waals surface area contributed by atoms with Gasteiger partial charge in [0.25, 0.3) is 0 Å². The number of hydrogen-bond donors (Lipinski definition) is 1. The van der Waals surface area contributed by atoms with Crippen LogP contribution in [0.15, 0.2) is 36.7 Å². The van der Waals surface area contributed by atoms with Crippen LogP contribution in [0.4, 0.5) is 4.39 Å². The van der Waals surface area contributed by atoms with Gasteiger partial charge >= 0.3 is 0 Å². The van der Waals surface area contributed by atoms with E-state index in [2.05, 4.69) is 4.98 Å². The smallest absolute Gasteiger partial charge is 0.142 e. The number of ether oxygens (including phenoxy) is 1. The minimum absolute atomic E-state index is 0.354. The Morgan fingerprint density at radius 2 is 2.06 bits per heavy atom. The number of hydrogen-bond acceptors (Lipinski definition) is 3. The molecule has 2 aromatic rings. The minimum atomic E-state index is -0.354. The van der Waals surface area contributed by atoms with Crippen LogP contribution in [0, 0.1) is 5.82 Å². The highest BCUT2D eigenvalue weighted by Gasteiger charge is 2.05. The SMILES string of the molecule is COc1ccc(-c2cncc(F)c2)cc1CN. The van der Waals surface area contributed by atoms with Crippen LogP contribution < -0.4 is 10.5 Å². The second kappa shape index (κ2) is 4.93. The van der Waals surface area contributed by atoms with Crippen molar-refractivity contribution < 1.29 is 9.13 Å². The van der Waals surface area contributed by atoms with Gasteiger partial charge in [0.2, 0.25) is 0 Å². The Balaban J connectivity index is 2.46. The summed E-state index contributed by atoms with van der Waals surface area (Å²) >= 11 is 0. The quantitative estimate of drug-likeness (QED) is 0.883. The van der Waals surface area contributed by atoms with E-state index in [9.17, 15) is 4.39 Å². The van der Waals surface area contributed by atoms with E-state index in [1.54, 1.807) is 13.3 Å². The van der Waals surface area contributed by atoms with Crippen LogP contribution in [0.5, 0.6) is 5.75 Å². The van der Waals surface area contributed by atoms with Gasteiger partial charge in [0.05, 0.1) is 13.3 Å². The molecule has 0 aliphatic carbocycles. The Morgan fingerprint density at radius 3 is 2.71 bits per heavy atom. The summed E-state index contributed by atoms with van der Waals surface area (Å²) in [5.74, 6) is 0.383. The number of benzene rings is 1. The Bertz CT molecular complexity index is 529. The summed E-state index contributed by atoms with van der Waals surface area (Å²) in [4.78, 5) is 3.82. The average molecular weight is 232 g/mol. The first-order valence-corrected chi connectivity index (χ1v) is 5.22. The molecule has 0 aliphatic rings. The van der Waals surface area contributed by atoms with Gasteiger partial charge in [0, 0.05) is 23.9 Å². The van der Waals surface area contributed by atoms with E-state index in [-0.39, 0.29) is 5.82 Å². The first kappa shape index (κ1) is 11.5. The van der Waals surface area contributed by atoms with Crippen LogP contribution in [-0.4, -0.2) is 12.1 Å². The van der Waals surface area contributed by atoms with Gasteiger partial charge in [-0.15, -0.1) is 0 Å². The van der Waals surface area contributed by atoms with Crippen LogP contribution in [-0.2, 0) is 6.54 Å². The maximum absolute atomic E-state index is 13.1. The van der Waals surface area contributed by atoms with Crippen molar-refractivity contribution in [1.29, 1.82) is 0 Å². The molecule has 0 amide bonds. The van der Waals surface area contributed by atoms with Crippen LogP contribution in [0.2, 0.25) is 0 Å². The molecule has 88 valence electrons. The first-order valence-electron chi connectivity index (χ1n) is 5.22. The average Bonchev–Trinajstić information content (AvgIpc) is 2.38. The van der Waals surface area contributed by atoms with E-state index in [1.807, 2.05) is 18.2 Å². The molecule has 2 N–H and O–H groups in total. The zero-order valence-corrected chi connectivity index (χ0v) is 9.48. The fraction of sp³-hybridized carbons (Fsp3) is 0.154. The van der Waals surface area contributed by atoms with E-state index < -0.39 is 0 Å². The van der Waals surface area contributed by atoms with Gasteiger partial charge in [-0.1, -0.05) is 6.07 Å². The maximum Gasteiger partial charge on any atom is 0.142 e. The van der Waals surface area contributed by atoms with Crippen molar-refractivity contribution in [3.05, 3.63) is 48.0 Å². The summed E-state index contributed by atoms with van der Waals surface area (Å²) in [7, 11) is 1.60. The molecule has 0 atom stereocenters. The monoisotopic (exact) mass is 232 g/mol. The van der Waals surface area contributed by atoms with Crippen molar-refractivity contribution in [2.45, 2.75) is 6.54 Å². The molecule has 1 heterocycles. The van der Waals surface area contributed by atoms with Crippen molar-refractivity contribution in [3.63, 3.8) is 0 Å². The van der Waals surface area contributed by atoms with Crippen LogP contribution in [0.3, 0.4) is 0 Å². The topological polar surface area (TPSA) is 48.1 Å². The fourth-order valence-corrected chi connectivity index (χ4v) is 1.69. The molecular formula is C13H13FN2O. The molecule has 0 aliphatic heterocycles. The zero-order chi connectivity index (χ0) is 12.3. The molecule has 3 nitrogen and oxygen atoms in total. The lowest BCUT2D eigenvalue weighted by molar-refractivity contribution is 0.410. The van der Waals surface area contributed by atoms with Crippen LogP contribution >= 0.6 is 0 Å². The summed E-state index contributed by atoms with van der Waals surface area (Å²) < 4.78 is 18.2. The number of aromatic nitrogens is 1. The molecule has 0 unspecified atom stereocenters. The van der Waals surface area contributed by atoms with Crippen LogP contribution in [0.1, 0.15) is 5.56 Å². The van der Waals surface area contributed by atoms with Crippen molar-refractivity contribution in [2.24, 2.45) is 5.73 Å². The zero-order valence-electron chi connectivity index (χ0n) is 9.48. The van der Waals surface area contributed by atoms with E-state index >= 15 is 0 Å². The normalized spacial score (nSPS) is 10.3. The summed E-state index contributed by atoms with van der Waals surface area (Å²) in [6.45, 7) is 0.375. The molecule has 0 spiro atoms. The predicted octanol–water partition coefficient (Wildman–Crippen LogP) is 2.35. The number of methoxy groups -OCH3 is 1. The Hall–Kier alpha value is -1.94. The van der Waals surface area contributed by atoms with E-state index in [0.717, 1.165) is 22.4 Å². The maximum atomic E-state index is 13.1. The highest BCUT2D eigenvalue weighted by molar-refractivity contribution is 5.64. The van der Waals surface area contributed by atoms with Crippen molar-refractivity contribution in [2.75, 3.05) is 7.11 Å². The third kappa shape index (κ3) is 2.42. The number of rotatable bonds is 3. The second-order valence-corrected chi connectivity index (χ2v) is 3.62. The summed E-state index contributed by atoms with van der Waals surface area (Å²) in [6.07, 6.45) is 2.79. The highest BCUT2D eigenvalue weighted by atomic mass is 19.1. The van der Waals surface area contributed by atoms with Gasteiger partial charge < -0.3 is 10.5 Å². The molecule has 1 aromatic heterocycles. The van der Waals surface area contributed by atoms with Gasteiger partial charge in [0.15, 0.2) is 0 Å². The highest BCUT2D eigenvalue weighted by Crippen LogP contribution is 2.26.